The number of hydrogen-bond acceptors (Lipinski definition) is 5. The van der Waals surface area contributed by atoms with E-state index in [0.717, 1.165) is 36.6 Å². The van der Waals surface area contributed by atoms with Crippen LogP contribution < -0.4 is 15.4 Å². The molecule has 178 valence electrons. The Morgan fingerprint density at radius 2 is 1.82 bits per heavy atom. The molecule has 1 fully saturated rings. The number of ether oxygens (including phenoxy) is 1. The summed E-state index contributed by atoms with van der Waals surface area (Å²) in [6.07, 6.45) is 5.07. The maximum atomic E-state index is 13.0. The number of rotatable bonds is 7. The smallest absolute Gasteiger partial charge is 0.261 e. The molecule has 3 rings (SSSR count). The number of sulfonamides is 1. The van der Waals surface area contributed by atoms with Gasteiger partial charge in [-0.25, -0.2) is 8.42 Å². The summed E-state index contributed by atoms with van der Waals surface area (Å²) in [5, 5.41) is 5.64. The largest absolute Gasteiger partial charge is 0.493 e. The third-order valence-electron chi connectivity index (χ3n) is 5.59. The third kappa shape index (κ3) is 6.53. The number of thiocarbonyl (C=S) groups is 1. The third-order valence-corrected chi connectivity index (χ3v) is 8.21. The zero-order chi connectivity index (χ0) is 24.0. The van der Waals surface area contributed by atoms with Gasteiger partial charge in [0.25, 0.3) is 5.91 Å². The highest BCUT2D eigenvalue weighted by Crippen LogP contribution is 2.27. The van der Waals surface area contributed by atoms with Crippen molar-refractivity contribution in [2.24, 2.45) is 0 Å². The molecule has 0 heterocycles. The lowest BCUT2D eigenvalue weighted by Gasteiger charge is -2.30. The number of hydrogen-bond donors (Lipinski definition) is 2. The summed E-state index contributed by atoms with van der Waals surface area (Å²) in [4.78, 5) is 12.9. The summed E-state index contributed by atoms with van der Waals surface area (Å²) >= 11 is 8.62. The van der Waals surface area contributed by atoms with Crippen molar-refractivity contribution in [2.45, 2.75) is 50.0 Å². The molecular weight excluding hydrogens is 526 g/mol. The first-order valence-corrected chi connectivity index (χ1v) is 13.5. The highest BCUT2D eigenvalue weighted by Gasteiger charge is 2.29. The molecule has 0 unspecified atom stereocenters. The maximum absolute atomic E-state index is 13.0. The van der Waals surface area contributed by atoms with Gasteiger partial charge < -0.3 is 10.1 Å². The molecule has 0 bridgehead atoms. The van der Waals surface area contributed by atoms with Crippen molar-refractivity contribution < 1.29 is 17.9 Å². The maximum Gasteiger partial charge on any atom is 0.261 e. The van der Waals surface area contributed by atoms with Gasteiger partial charge in [-0.15, -0.1) is 0 Å². The minimum absolute atomic E-state index is 0.0453. The van der Waals surface area contributed by atoms with Crippen LogP contribution in [0.4, 0.5) is 5.69 Å². The molecule has 1 aliphatic rings. The first-order chi connectivity index (χ1) is 15.7. The molecule has 0 aliphatic heterocycles. The summed E-state index contributed by atoms with van der Waals surface area (Å²) in [5.74, 6) is 0.0446. The quantitative estimate of drug-likeness (QED) is 0.473. The molecule has 0 atom stereocenters. The Labute approximate surface area is 209 Å². The van der Waals surface area contributed by atoms with Crippen LogP contribution >= 0.6 is 28.1 Å². The summed E-state index contributed by atoms with van der Waals surface area (Å²) in [6.45, 7) is 2.27. The molecule has 1 amide bonds. The number of benzene rings is 2. The van der Waals surface area contributed by atoms with E-state index >= 15 is 0 Å². The minimum atomic E-state index is -3.57. The van der Waals surface area contributed by atoms with Gasteiger partial charge in [-0.3, -0.25) is 10.1 Å². The Morgan fingerprint density at radius 1 is 1.15 bits per heavy atom. The van der Waals surface area contributed by atoms with E-state index in [1.807, 2.05) is 6.92 Å². The van der Waals surface area contributed by atoms with Gasteiger partial charge in [0.2, 0.25) is 10.0 Å². The van der Waals surface area contributed by atoms with Gasteiger partial charge in [0.1, 0.15) is 5.75 Å². The summed E-state index contributed by atoms with van der Waals surface area (Å²) < 4.78 is 33.7. The average Bonchev–Trinajstić information content (AvgIpc) is 2.80. The zero-order valence-corrected chi connectivity index (χ0v) is 21.9. The Hall–Kier alpha value is -2.01. The number of anilines is 1. The van der Waals surface area contributed by atoms with Crippen molar-refractivity contribution in [1.29, 1.82) is 0 Å². The summed E-state index contributed by atoms with van der Waals surface area (Å²) in [5.41, 5.74) is 0.918. The number of halogens is 1. The van der Waals surface area contributed by atoms with Gasteiger partial charge in [-0.05, 0) is 74.4 Å². The number of carbonyl (C=O) groups excluding carboxylic acids is 1. The van der Waals surface area contributed by atoms with Gasteiger partial charge in [-0.2, -0.15) is 4.31 Å². The van der Waals surface area contributed by atoms with Gasteiger partial charge >= 0.3 is 0 Å². The van der Waals surface area contributed by atoms with Gasteiger partial charge in [-0.1, -0.05) is 35.2 Å². The molecule has 10 heteroatoms. The van der Waals surface area contributed by atoms with Crippen LogP contribution in [0.25, 0.3) is 0 Å². The molecular formula is C23H28BrN3O4S2. The lowest BCUT2D eigenvalue weighted by Crippen LogP contribution is -2.38. The average molecular weight is 555 g/mol. The van der Waals surface area contributed by atoms with Crippen LogP contribution in [0.3, 0.4) is 0 Å². The van der Waals surface area contributed by atoms with Crippen LogP contribution in [-0.4, -0.2) is 43.4 Å². The molecule has 1 aliphatic carbocycles. The Kier molecular flexibility index (Phi) is 8.86. The first kappa shape index (κ1) is 25.6. The topological polar surface area (TPSA) is 87.7 Å². The van der Waals surface area contributed by atoms with Crippen LogP contribution in [0.5, 0.6) is 5.75 Å². The molecule has 2 N–H and O–H groups in total. The highest BCUT2D eigenvalue weighted by molar-refractivity contribution is 9.10. The molecule has 0 saturated heterocycles. The standard InChI is InChI=1S/C23H28BrN3O4S2/c1-3-31-21-14-9-16(24)15-20(21)22(28)26-23(32)25-17-10-12-19(13-11-17)33(29,30)27(2)18-7-5-4-6-8-18/h9-15,18H,3-8H2,1-2H3,(H2,25,26,28,32). The van der Waals surface area contributed by atoms with Crippen LogP contribution in [0.1, 0.15) is 49.4 Å². The van der Waals surface area contributed by atoms with Crippen LogP contribution in [-0.2, 0) is 10.0 Å². The summed E-state index contributed by atoms with van der Waals surface area (Å²) in [6, 6.07) is 11.6. The second kappa shape index (κ2) is 11.4. The second-order valence-electron chi connectivity index (χ2n) is 7.82. The normalized spacial score (nSPS) is 14.7. The van der Waals surface area contributed by atoms with E-state index in [1.165, 1.54) is 4.31 Å². The predicted molar refractivity (Wildman–Crippen MR) is 137 cm³/mol. The summed E-state index contributed by atoms with van der Waals surface area (Å²) in [7, 11) is -1.92. The molecule has 33 heavy (non-hydrogen) atoms. The first-order valence-electron chi connectivity index (χ1n) is 10.8. The number of nitrogens with zero attached hydrogens (tertiary/aromatic N) is 1. The van der Waals surface area contributed by atoms with E-state index < -0.39 is 15.9 Å². The van der Waals surface area contributed by atoms with E-state index in [0.29, 0.717) is 23.6 Å². The van der Waals surface area contributed by atoms with Gasteiger partial charge in [0.05, 0.1) is 17.1 Å². The van der Waals surface area contributed by atoms with E-state index in [-0.39, 0.29) is 16.0 Å². The van der Waals surface area contributed by atoms with Gasteiger partial charge in [0.15, 0.2) is 5.11 Å². The Bertz CT molecular complexity index is 1100. The SMILES string of the molecule is CCOc1ccc(Br)cc1C(=O)NC(=S)Nc1ccc(S(=O)(=O)N(C)C2CCCCC2)cc1. The van der Waals surface area contributed by atoms with Crippen LogP contribution in [0.2, 0.25) is 0 Å². The van der Waals surface area contributed by atoms with Crippen molar-refractivity contribution in [2.75, 3.05) is 19.0 Å². The van der Waals surface area contributed by atoms with Crippen molar-refractivity contribution in [1.82, 2.24) is 9.62 Å². The predicted octanol–water partition coefficient (Wildman–Crippen LogP) is 4.93. The van der Waals surface area contributed by atoms with Crippen molar-refractivity contribution >= 4 is 54.9 Å². The Morgan fingerprint density at radius 3 is 2.45 bits per heavy atom. The van der Waals surface area contributed by atoms with Crippen LogP contribution in [0, 0.1) is 0 Å². The minimum Gasteiger partial charge on any atom is -0.493 e. The molecule has 2 aromatic rings. The van der Waals surface area contributed by atoms with Crippen LogP contribution in [0.15, 0.2) is 51.8 Å². The molecule has 0 spiro atoms. The molecule has 0 aromatic heterocycles. The van der Waals surface area contributed by atoms with Crippen molar-refractivity contribution in [3.05, 3.63) is 52.5 Å². The number of carbonyl (C=O) groups is 1. The molecule has 0 radical (unpaired) electrons. The fourth-order valence-electron chi connectivity index (χ4n) is 3.81. The van der Waals surface area contributed by atoms with Crippen molar-refractivity contribution in [3.63, 3.8) is 0 Å². The van der Waals surface area contributed by atoms with Gasteiger partial charge in [0, 0.05) is 23.2 Å². The second-order valence-corrected chi connectivity index (χ2v) is 11.1. The molecule has 2 aromatic carbocycles. The number of nitrogens with one attached hydrogen (secondary N) is 2. The Balaban J connectivity index is 1.64. The van der Waals surface area contributed by atoms with Crippen molar-refractivity contribution in [3.8, 4) is 5.75 Å². The monoisotopic (exact) mass is 553 g/mol. The van der Waals surface area contributed by atoms with E-state index in [9.17, 15) is 13.2 Å². The van der Waals surface area contributed by atoms with E-state index in [1.54, 1.807) is 49.5 Å². The molecule has 7 nitrogen and oxygen atoms in total. The van der Waals surface area contributed by atoms with E-state index in [4.69, 9.17) is 17.0 Å². The van der Waals surface area contributed by atoms with E-state index in [2.05, 4.69) is 26.6 Å². The molecule has 1 saturated carbocycles. The zero-order valence-electron chi connectivity index (χ0n) is 18.6. The highest BCUT2D eigenvalue weighted by atomic mass is 79.9. The fraction of sp³-hybridized carbons (Fsp3) is 0.391. The lowest BCUT2D eigenvalue weighted by molar-refractivity contribution is 0.0974. The lowest BCUT2D eigenvalue weighted by atomic mass is 9.96. The number of amides is 1. The fourth-order valence-corrected chi connectivity index (χ4v) is 5.80.